The lowest BCUT2D eigenvalue weighted by molar-refractivity contribution is 0.624. The molecule has 0 aromatic heterocycles. The van der Waals surface area contributed by atoms with Crippen LogP contribution in [0, 0.1) is 0 Å². The first-order chi connectivity index (χ1) is 4.89. The Hall–Kier alpha value is 0.430. The molecule has 1 aliphatic rings. The normalized spacial score (nSPS) is 24.9. The summed E-state index contributed by atoms with van der Waals surface area (Å²) in [7, 11) is 4.53. The molecule has 0 amide bonds. The fraction of sp³-hybridized carbons (Fsp3) is 1.00. The molecule has 10 heavy (non-hydrogen) atoms. The van der Waals surface area contributed by atoms with Gasteiger partial charge >= 0.3 is 0 Å². The van der Waals surface area contributed by atoms with Crippen LogP contribution in [-0.4, -0.2) is 5.66 Å². The molecule has 1 heteroatoms. The molecule has 1 fully saturated rings. The van der Waals surface area contributed by atoms with E-state index in [4.69, 9.17) is 0 Å². The van der Waals surface area contributed by atoms with E-state index in [1.54, 1.807) is 0 Å². The molecule has 0 bridgehead atoms. The van der Waals surface area contributed by atoms with Crippen molar-refractivity contribution >= 4 is 9.24 Å². The highest BCUT2D eigenvalue weighted by Gasteiger charge is 2.04. The minimum absolute atomic E-state index is 0.707. The smallest absolute Gasteiger partial charge is 0.0125 e. The van der Waals surface area contributed by atoms with Gasteiger partial charge in [-0.25, -0.2) is 0 Å². The molecule has 0 unspecified atom stereocenters. The zero-order chi connectivity index (χ0) is 7.23. The van der Waals surface area contributed by atoms with E-state index >= 15 is 0 Å². The van der Waals surface area contributed by atoms with Gasteiger partial charge in [-0.1, -0.05) is 38.5 Å². The van der Waals surface area contributed by atoms with Crippen molar-refractivity contribution in [3.8, 4) is 0 Å². The van der Waals surface area contributed by atoms with E-state index in [1.165, 1.54) is 51.4 Å². The molecule has 0 atom stereocenters. The second-order valence-corrected chi connectivity index (χ2v) is 4.08. The molecule has 1 rings (SSSR count). The minimum atomic E-state index is 0.707. The summed E-state index contributed by atoms with van der Waals surface area (Å²) in [4.78, 5) is 0. The Morgan fingerprint density at radius 2 is 1.10 bits per heavy atom. The molecule has 1 saturated carbocycles. The molecular weight excluding hydrogens is 139 g/mol. The van der Waals surface area contributed by atoms with Gasteiger partial charge in [0.15, 0.2) is 0 Å². The molecule has 2 radical (unpaired) electrons. The monoisotopic (exact) mass is 156 g/mol. The molecule has 0 aliphatic heterocycles. The van der Waals surface area contributed by atoms with Crippen LogP contribution in [0.2, 0.25) is 0 Å². The molecule has 0 nitrogen and oxygen atoms in total. The Kier molecular flexibility index (Phi) is 4.37. The van der Waals surface area contributed by atoms with Crippen molar-refractivity contribution in [1.82, 2.24) is 0 Å². The Morgan fingerprint density at radius 1 is 0.700 bits per heavy atom. The molecule has 0 heterocycles. The highest BCUT2D eigenvalue weighted by molar-refractivity contribution is 7.17. The molecule has 58 valence electrons. The SMILES string of the molecule is [P]C1CCCCCCCC1. The van der Waals surface area contributed by atoms with Crippen LogP contribution in [0.5, 0.6) is 0 Å². The fourth-order valence-electron chi connectivity index (χ4n) is 1.61. The molecule has 1 aliphatic carbocycles. The Bertz CT molecular complexity index is 70.8. The third-order valence-corrected chi connectivity index (χ3v) is 2.84. The van der Waals surface area contributed by atoms with Crippen LogP contribution < -0.4 is 0 Å². The van der Waals surface area contributed by atoms with Crippen molar-refractivity contribution in [2.24, 2.45) is 0 Å². The summed E-state index contributed by atoms with van der Waals surface area (Å²) in [5.74, 6) is 0. The number of rotatable bonds is 0. The summed E-state index contributed by atoms with van der Waals surface area (Å²) in [6.45, 7) is 0. The first kappa shape index (κ1) is 8.53. The second-order valence-electron chi connectivity index (χ2n) is 3.35. The van der Waals surface area contributed by atoms with Gasteiger partial charge in [0.1, 0.15) is 0 Å². The summed E-state index contributed by atoms with van der Waals surface area (Å²) < 4.78 is 0. The van der Waals surface area contributed by atoms with Gasteiger partial charge in [0.25, 0.3) is 0 Å². The quantitative estimate of drug-likeness (QED) is 0.466. The van der Waals surface area contributed by atoms with E-state index in [2.05, 4.69) is 9.24 Å². The van der Waals surface area contributed by atoms with E-state index in [0.29, 0.717) is 5.66 Å². The zero-order valence-corrected chi connectivity index (χ0v) is 7.58. The lowest BCUT2D eigenvalue weighted by Gasteiger charge is -2.05. The van der Waals surface area contributed by atoms with E-state index in [1.807, 2.05) is 0 Å². The van der Waals surface area contributed by atoms with Gasteiger partial charge in [0, 0.05) is 0 Å². The van der Waals surface area contributed by atoms with Crippen molar-refractivity contribution in [3.63, 3.8) is 0 Å². The third kappa shape index (κ3) is 3.56. The summed E-state index contributed by atoms with van der Waals surface area (Å²) in [6.07, 6.45) is 11.3. The summed E-state index contributed by atoms with van der Waals surface area (Å²) >= 11 is 0. The highest BCUT2D eigenvalue weighted by atomic mass is 31.0. The zero-order valence-electron chi connectivity index (χ0n) is 6.68. The molecule has 0 spiro atoms. The van der Waals surface area contributed by atoms with Gasteiger partial charge in [0.2, 0.25) is 0 Å². The van der Waals surface area contributed by atoms with Crippen LogP contribution in [-0.2, 0) is 0 Å². The number of hydrogen-bond acceptors (Lipinski definition) is 0. The Morgan fingerprint density at radius 3 is 1.60 bits per heavy atom. The lowest BCUT2D eigenvalue weighted by atomic mass is 10.1. The van der Waals surface area contributed by atoms with Crippen LogP contribution in [0.25, 0.3) is 0 Å². The molecular formula is C9H17P. The first-order valence-electron chi connectivity index (χ1n) is 4.57. The molecule has 0 aromatic carbocycles. The second kappa shape index (κ2) is 5.13. The number of hydrogen-bond donors (Lipinski definition) is 0. The van der Waals surface area contributed by atoms with E-state index in [9.17, 15) is 0 Å². The predicted octanol–water partition coefficient (Wildman–Crippen LogP) is 3.90. The van der Waals surface area contributed by atoms with Gasteiger partial charge < -0.3 is 0 Å². The summed E-state index contributed by atoms with van der Waals surface area (Å²) in [6, 6.07) is 0. The van der Waals surface area contributed by atoms with Crippen molar-refractivity contribution in [2.75, 3.05) is 0 Å². The standard InChI is InChI=1S/C9H17P/c10-9-7-5-3-1-2-4-6-8-9/h9H,1-8H2. The van der Waals surface area contributed by atoms with Crippen LogP contribution in [0.3, 0.4) is 0 Å². The van der Waals surface area contributed by atoms with Gasteiger partial charge in [-0.3, -0.25) is 0 Å². The molecule has 0 aromatic rings. The van der Waals surface area contributed by atoms with Crippen LogP contribution >= 0.6 is 9.24 Å². The van der Waals surface area contributed by atoms with Gasteiger partial charge in [-0.05, 0) is 27.7 Å². The maximum Gasteiger partial charge on any atom is -0.0125 e. The Labute approximate surface area is 67.0 Å². The minimum Gasteiger partial charge on any atom is -0.0533 e. The highest BCUT2D eigenvalue weighted by Crippen LogP contribution is 2.21. The van der Waals surface area contributed by atoms with E-state index < -0.39 is 0 Å². The van der Waals surface area contributed by atoms with E-state index in [-0.39, 0.29) is 0 Å². The molecule has 0 N–H and O–H groups in total. The topological polar surface area (TPSA) is 0 Å². The van der Waals surface area contributed by atoms with Crippen LogP contribution in [0.4, 0.5) is 0 Å². The Balaban J connectivity index is 2.15. The van der Waals surface area contributed by atoms with Gasteiger partial charge in [-0.15, -0.1) is 0 Å². The largest absolute Gasteiger partial charge is 0.0533 e. The third-order valence-electron chi connectivity index (χ3n) is 2.32. The summed E-state index contributed by atoms with van der Waals surface area (Å²) in [5, 5.41) is 0. The van der Waals surface area contributed by atoms with Crippen LogP contribution in [0.1, 0.15) is 51.4 Å². The van der Waals surface area contributed by atoms with Crippen molar-refractivity contribution in [1.29, 1.82) is 0 Å². The average Bonchev–Trinajstić information content (AvgIpc) is 2.02. The fourth-order valence-corrected chi connectivity index (χ4v) is 1.98. The summed E-state index contributed by atoms with van der Waals surface area (Å²) in [5.41, 5.74) is 0.707. The van der Waals surface area contributed by atoms with Crippen molar-refractivity contribution in [2.45, 2.75) is 57.0 Å². The lowest BCUT2D eigenvalue weighted by Crippen LogP contribution is -1.95. The van der Waals surface area contributed by atoms with Crippen molar-refractivity contribution < 1.29 is 0 Å². The van der Waals surface area contributed by atoms with Gasteiger partial charge in [-0.2, -0.15) is 0 Å². The van der Waals surface area contributed by atoms with Gasteiger partial charge in [0.05, 0.1) is 0 Å². The van der Waals surface area contributed by atoms with Crippen LogP contribution in [0.15, 0.2) is 0 Å². The maximum atomic E-state index is 4.53. The first-order valence-corrected chi connectivity index (χ1v) is 5.09. The average molecular weight is 156 g/mol. The van der Waals surface area contributed by atoms with Crippen molar-refractivity contribution in [3.05, 3.63) is 0 Å². The maximum absolute atomic E-state index is 4.53. The predicted molar refractivity (Wildman–Crippen MR) is 47.6 cm³/mol. The van der Waals surface area contributed by atoms with E-state index in [0.717, 1.165) is 0 Å². The molecule has 0 saturated heterocycles.